The van der Waals surface area contributed by atoms with Crippen LogP contribution in [0.25, 0.3) is 15.9 Å². The van der Waals surface area contributed by atoms with Crippen LogP contribution in [-0.2, 0) is 0 Å². The average molecular weight is 490 g/mol. The standard InChI is InChI=1S/C23H24ClN5OS.ClH/c1-16-18(15-25-29(16)17-9-5-4-6-10-17)22(30)28(14-8-13-27(2)3)23-26-21-19(24)11-7-12-20(21)31-23;/h4-7,9-12,15H,8,13-14H2,1-3H3;1H. The SMILES string of the molecule is Cc1c(C(=O)N(CCCN(C)C)c2nc3c(Cl)cccc3s2)cnn1-c1ccccc1.Cl. The van der Waals surface area contributed by atoms with Crippen molar-refractivity contribution in [3.05, 3.63) is 71.0 Å². The van der Waals surface area contributed by atoms with Gasteiger partial charge >= 0.3 is 0 Å². The Labute approximate surface area is 202 Å². The molecule has 2 aromatic carbocycles. The van der Waals surface area contributed by atoms with Gasteiger partial charge < -0.3 is 4.90 Å². The van der Waals surface area contributed by atoms with Crippen molar-refractivity contribution < 1.29 is 4.79 Å². The molecule has 0 bridgehead atoms. The number of halogens is 2. The van der Waals surface area contributed by atoms with Gasteiger partial charge in [0.2, 0.25) is 0 Å². The van der Waals surface area contributed by atoms with Gasteiger partial charge in [-0.15, -0.1) is 12.4 Å². The first-order valence-corrected chi connectivity index (χ1v) is 11.3. The van der Waals surface area contributed by atoms with E-state index >= 15 is 0 Å². The molecule has 0 atom stereocenters. The number of anilines is 1. The van der Waals surface area contributed by atoms with Crippen LogP contribution in [0.3, 0.4) is 0 Å². The highest BCUT2D eigenvalue weighted by atomic mass is 35.5. The summed E-state index contributed by atoms with van der Waals surface area (Å²) in [4.78, 5) is 22.2. The number of para-hydroxylation sites is 2. The Hall–Kier alpha value is -2.45. The molecule has 0 fully saturated rings. The molecule has 0 aliphatic rings. The Kier molecular flexibility index (Phi) is 7.90. The van der Waals surface area contributed by atoms with E-state index in [-0.39, 0.29) is 18.3 Å². The van der Waals surface area contributed by atoms with Crippen molar-refractivity contribution >= 4 is 56.6 Å². The second kappa shape index (κ2) is 10.4. The second-order valence-corrected chi connectivity index (χ2v) is 9.00. The number of fused-ring (bicyclic) bond motifs is 1. The third-order valence-electron chi connectivity index (χ3n) is 5.06. The zero-order valence-corrected chi connectivity index (χ0v) is 20.5. The minimum atomic E-state index is -0.103. The molecule has 6 nitrogen and oxygen atoms in total. The van der Waals surface area contributed by atoms with Crippen LogP contribution in [0, 0.1) is 6.92 Å². The summed E-state index contributed by atoms with van der Waals surface area (Å²) in [6, 6.07) is 15.5. The van der Waals surface area contributed by atoms with Crippen LogP contribution in [0.5, 0.6) is 0 Å². The molecule has 0 aliphatic heterocycles. The fourth-order valence-electron chi connectivity index (χ4n) is 3.44. The van der Waals surface area contributed by atoms with Crippen molar-refractivity contribution in [3.63, 3.8) is 0 Å². The largest absolute Gasteiger partial charge is 0.309 e. The molecular formula is C23H25Cl2N5OS. The highest BCUT2D eigenvalue weighted by Crippen LogP contribution is 2.33. The third-order valence-corrected chi connectivity index (χ3v) is 6.41. The molecule has 0 saturated carbocycles. The van der Waals surface area contributed by atoms with Gasteiger partial charge in [0.1, 0.15) is 5.52 Å². The monoisotopic (exact) mass is 489 g/mol. The molecule has 0 aliphatic carbocycles. The van der Waals surface area contributed by atoms with Gasteiger partial charge in [-0.3, -0.25) is 9.69 Å². The van der Waals surface area contributed by atoms with Crippen molar-refractivity contribution in [1.29, 1.82) is 0 Å². The maximum Gasteiger partial charge on any atom is 0.263 e. The lowest BCUT2D eigenvalue weighted by Crippen LogP contribution is -2.33. The number of rotatable bonds is 7. The van der Waals surface area contributed by atoms with Crippen LogP contribution >= 0.6 is 35.3 Å². The minimum absolute atomic E-state index is 0. The first-order chi connectivity index (χ1) is 15.0. The summed E-state index contributed by atoms with van der Waals surface area (Å²) >= 11 is 7.81. The molecule has 32 heavy (non-hydrogen) atoms. The summed E-state index contributed by atoms with van der Waals surface area (Å²) in [5.41, 5.74) is 3.02. The smallest absolute Gasteiger partial charge is 0.263 e. The Balaban J connectivity index is 0.00000289. The van der Waals surface area contributed by atoms with E-state index in [0.29, 0.717) is 22.3 Å². The summed E-state index contributed by atoms with van der Waals surface area (Å²) in [6.07, 6.45) is 2.47. The molecule has 0 N–H and O–H groups in total. The number of aromatic nitrogens is 3. The zero-order chi connectivity index (χ0) is 22.0. The number of carbonyl (C=O) groups excluding carboxylic acids is 1. The molecular weight excluding hydrogens is 465 g/mol. The highest BCUT2D eigenvalue weighted by molar-refractivity contribution is 7.22. The molecule has 9 heteroatoms. The summed E-state index contributed by atoms with van der Waals surface area (Å²) in [5.74, 6) is -0.103. The lowest BCUT2D eigenvalue weighted by atomic mass is 10.2. The molecule has 2 heterocycles. The van der Waals surface area contributed by atoms with Gasteiger partial charge in [0, 0.05) is 6.54 Å². The van der Waals surface area contributed by atoms with Crippen LogP contribution in [0.1, 0.15) is 22.5 Å². The van der Waals surface area contributed by atoms with E-state index in [1.165, 1.54) is 11.3 Å². The van der Waals surface area contributed by atoms with Gasteiger partial charge in [0.15, 0.2) is 5.13 Å². The van der Waals surface area contributed by atoms with Gasteiger partial charge in [0.05, 0.1) is 32.9 Å². The first kappa shape index (κ1) is 24.2. The molecule has 2 aromatic heterocycles. The maximum absolute atomic E-state index is 13.6. The second-order valence-electron chi connectivity index (χ2n) is 7.59. The summed E-state index contributed by atoms with van der Waals surface area (Å²) in [5, 5.41) is 5.71. The number of benzene rings is 2. The normalized spacial score (nSPS) is 11.0. The van der Waals surface area contributed by atoms with E-state index in [2.05, 4.69) is 10.00 Å². The molecule has 0 spiro atoms. The lowest BCUT2D eigenvalue weighted by Gasteiger charge is -2.21. The van der Waals surface area contributed by atoms with Crippen molar-refractivity contribution in [2.24, 2.45) is 0 Å². The number of thiazole rings is 1. The van der Waals surface area contributed by atoms with E-state index in [9.17, 15) is 4.79 Å². The van der Waals surface area contributed by atoms with Gasteiger partial charge in [-0.1, -0.05) is 47.2 Å². The van der Waals surface area contributed by atoms with E-state index in [0.717, 1.165) is 34.6 Å². The minimum Gasteiger partial charge on any atom is -0.309 e. The highest BCUT2D eigenvalue weighted by Gasteiger charge is 2.25. The van der Waals surface area contributed by atoms with Gasteiger partial charge in [0.25, 0.3) is 5.91 Å². The van der Waals surface area contributed by atoms with E-state index in [4.69, 9.17) is 16.6 Å². The quantitative estimate of drug-likeness (QED) is 0.345. The Morgan fingerprint density at radius 1 is 1.09 bits per heavy atom. The van der Waals surface area contributed by atoms with Crippen LogP contribution in [0.15, 0.2) is 54.7 Å². The predicted molar refractivity (Wildman–Crippen MR) is 135 cm³/mol. The first-order valence-electron chi connectivity index (χ1n) is 10.1. The summed E-state index contributed by atoms with van der Waals surface area (Å²) in [6.45, 7) is 3.35. The Bertz CT molecular complexity index is 1210. The number of hydrogen-bond acceptors (Lipinski definition) is 5. The van der Waals surface area contributed by atoms with Crippen LogP contribution in [-0.4, -0.2) is 52.8 Å². The molecule has 1 amide bonds. The van der Waals surface area contributed by atoms with Crippen molar-refractivity contribution in [2.75, 3.05) is 32.1 Å². The van der Waals surface area contributed by atoms with E-state index in [1.54, 1.807) is 15.8 Å². The number of nitrogens with zero attached hydrogens (tertiary/aromatic N) is 5. The van der Waals surface area contributed by atoms with Crippen LogP contribution < -0.4 is 4.90 Å². The molecule has 4 aromatic rings. The molecule has 0 unspecified atom stereocenters. The molecule has 0 saturated heterocycles. The average Bonchev–Trinajstić information content (AvgIpc) is 3.36. The van der Waals surface area contributed by atoms with Gasteiger partial charge in [-0.05, 0) is 58.3 Å². The topological polar surface area (TPSA) is 54.3 Å². The van der Waals surface area contributed by atoms with Crippen molar-refractivity contribution in [2.45, 2.75) is 13.3 Å². The third kappa shape index (κ3) is 4.96. The van der Waals surface area contributed by atoms with E-state index < -0.39 is 0 Å². The number of carbonyl (C=O) groups is 1. The molecule has 0 radical (unpaired) electrons. The lowest BCUT2D eigenvalue weighted by molar-refractivity contribution is 0.0985. The van der Waals surface area contributed by atoms with Gasteiger partial charge in [-0.25, -0.2) is 9.67 Å². The Morgan fingerprint density at radius 3 is 2.53 bits per heavy atom. The molecule has 168 valence electrons. The Morgan fingerprint density at radius 2 is 1.84 bits per heavy atom. The van der Waals surface area contributed by atoms with Gasteiger partial charge in [-0.2, -0.15) is 5.10 Å². The van der Waals surface area contributed by atoms with Crippen LogP contribution in [0.4, 0.5) is 5.13 Å². The number of hydrogen-bond donors (Lipinski definition) is 0. The van der Waals surface area contributed by atoms with Crippen molar-refractivity contribution in [3.8, 4) is 5.69 Å². The number of amides is 1. The zero-order valence-electron chi connectivity index (χ0n) is 18.2. The van der Waals surface area contributed by atoms with Crippen LogP contribution in [0.2, 0.25) is 5.02 Å². The summed E-state index contributed by atoms with van der Waals surface area (Å²) in [7, 11) is 4.05. The maximum atomic E-state index is 13.6. The fourth-order valence-corrected chi connectivity index (χ4v) is 4.73. The molecule has 4 rings (SSSR count). The van der Waals surface area contributed by atoms with Crippen molar-refractivity contribution in [1.82, 2.24) is 19.7 Å². The predicted octanol–water partition coefficient (Wildman–Crippen LogP) is 5.46. The van der Waals surface area contributed by atoms with E-state index in [1.807, 2.05) is 69.6 Å². The summed E-state index contributed by atoms with van der Waals surface area (Å²) < 4.78 is 2.75. The fraction of sp³-hybridized carbons (Fsp3) is 0.261.